The van der Waals surface area contributed by atoms with Crippen molar-refractivity contribution in [3.05, 3.63) is 63.6 Å². The molecular weight excluding hydrogens is 519 g/mol. The molecule has 1 aliphatic heterocycles. The Morgan fingerprint density at radius 3 is 2.58 bits per heavy atom. The topological polar surface area (TPSA) is 64.0 Å². The van der Waals surface area contributed by atoms with Gasteiger partial charge in [-0.25, -0.2) is 0 Å². The molecule has 5 rings (SSSR count). The molecule has 7 heteroatoms. The number of fused-ring (bicyclic) bond motifs is 1. The molecule has 3 aliphatic rings. The van der Waals surface area contributed by atoms with Crippen molar-refractivity contribution < 1.29 is 15.0 Å². The molecule has 0 aromatic heterocycles. The van der Waals surface area contributed by atoms with Crippen LogP contribution in [0.15, 0.2) is 42.5 Å². The van der Waals surface area contributed by atoms with Crippen LogP contribution in [-0.4, -0.2) is 63.7 Å². The lowest BCUT2D eigenvalue weighted by molar-refractivity contribution is -0.150. The molecule has 1 saturated heterocycles. The van der Waals surface area contributed by atoms with E-state index in [-0.39, 0.29) is 24.1 Å². The van der Waals surface area contributed by atoms with Gasteiger partial charge in [0, 0.05) is 31.1 Å². The number of amides is 1. The third-order valence-corrected chi connectivity index (χ3v) is 9.72. The Morgan fingerprint density at radius 2 is 1.89 bits per heavy atom. The molecule has 38 heavy (non-hydrogen) atoms. The van der Waals surface area contributed by atoms with Gasteiger partial charge in [0.1, 0.15) is 5.75 Å². The van der Waals surface area contributed by atoms with Crippen molar-refractivity contribution in [1.82, 2.24) is 9.80 Å². The Labute approximate surface area is 236 Å². The summed E-state index contributed by atoms with van der Waals surface area (Å²) in [6.07, 6.45) is 5.73. The van der Waals surface area contributed by atoms with Gasteiger partial charge >= 0.3 is 0 Å². The predicted molar refractivity (Wildman–Crippen MR) is 153 cm³/mol. The Hall–Kier alpha value is -1.79. The smallest absolute Gasteiger partial charge is 0.227 e. The molecule has 2 aromatic rings. The normalized spacial score (nSPS) is 27.8. The van der Waals surface area contributed by atoms with E-state index in [1.807, 2.05) is 29.2 Å². The number of benzene rings is 2. The summed E-state index contributed by atoms with van der Waals surface area (Å²) in [4.78, 5) is 18.3. The third-order valence-electron chi connectivity index (χ3n) is 8.98. The summed E-state index contributed by atoms with van der Waals surface area (Å²) < 4.78 is 0. The maximum Gasteiger partial charge on any atom is 0.227 e. The molecule has 1 heterocycles. The fraction of sp³-hybridized carbons (Fsp3) is 0.581. The van der Waals surface area contributed by atoms with Crippen LogP contribution in [0, 0.1) is 11.8 Å². The summed E-state index contributed by atoms with van der Waals surface area (Å²) in [5.74, 6) is 1.37. The average Bonchev–Trinajstić information content (AvgIpc) is 3.68. The van der Waals surface area contributed by atoms with Crippen LogP contribution >= 0.6 is 23.2 Å². The average molecular weight is 560 g/mol. The maximum absolute atomic E-state index is 13.8. The number of aliphatic hydroxyl groups is 1. The van der Waals surface area contributed by atoms with Gasteiger partial charge in [-0.15, -0.1) is 0 Å². The SMILES string of the molecule is CC(C)CN(C(=O)Cc1ccc(Cl)c(Cl)c1)C1CCC2(O)CN(CC3CC3)CCC2(c2cccc(O)c2)C1. The van der Waals surface area contributed by atoms with Gasteiger partial charge in [-0.05, 0) is 92.3 Å². The van der Waals surface area contributed by atoms with E-state index in [0.29, 0.717) is 41.9 Å². The van der Waals surface area contributed by atoms with E-state index in [0.717, 1.165) is 43.0 Å². The fourth-order valence-corrected chi connectivity index (χ4v) is 7.22. The van der Waals surface area contributed by atoms with Crippen LogP contribution in [0.1, 0.15) is 63.5 Å². The number of likely N-dealkylation sites (tertiary alicyclic amines) is 1. The molecule has 0 spiro atoms. The van der Waals surface area contributed by atoms with Crippen LogP contribution in [0.5, 0.6) is 5.75 Å². The first kappa shape index (κ1) is 27.8. The molecule has 1 amide bonds. The highest BCUT2D eigenvalue weighted by Gasteiger charge is 2.58. The highest BCUT2D eigenvalue weighted by Crippen LogP contribution is 2.53. The van der Waals surface area contributed by atoms with Crippen molar-refractivity contribution in [2.45, 2.75) is 75.9 Å². The molecule has 0 bridgehead atoms. The van der Waals surface area contributed by atoms with Gasteiger partial charge < -0.3 is 20.0 Å². The number of β-amino-alcohol motifs (C(OH)–C–C–N with tert-alkyl or cyclic N) is 1. The van der Waals surface area contributed by atoms with Crippen LogP contribution in [-0.2, 0) is 16.6 Å². The lowest BCUT2D eigenvalue weighted by Gasteiger charge is -2.59. The zero-order chi connectivity index (χ0) is 27.1. The monoisotopic (exact) mass is 558 g/mol. The number of nitrogens with zero attached hydrogens (tertiary/aromatic N) is 2. The highest BCUT2D eigenvalue weighted by molar-refractivity contribution is 6.42. The zero-order valence-corrected chi connectivity index (χ0v) is 24.0. The molecule has 3 unspecified atom stereocenters. The van der Waals surface area contributed by atoms with E-state index in [4.69, 9.17) is 23.2 Å². The van der Waals surface area contributed by atoms with Gasteiger partial charge in [0.15, 0.2) is 0 Å². The van der Waals surface area contributed by atoms with E-state index in [9.17, 15) is 15.0 Å². The van der Waals surface area contributed by atoms with Gasteiger partial charge in [-0.2, -0.15) is 0 Å². The summed E-state index contributed by atoms with van der Waals surface area (Å²) in [7, 11) is 0. The van der Waals surface area contributed by atoms with Crippen LogP contribution in [0.3, 0.4) is 0 Å². The van der Waals surface area contributed by atoms with Crippen LogP contribution in [0.4, 0.5) is 0 Å². The van der Waals surface area contributed by atoms with Crippen LogP contribution in [0.2, 0.25) is 10.0 Å². The number of phenolic OH excluding ortho intramolecular Hbond substituents is 1. The minimum absolute atomic E-state index is 0.00489. The second-order valence-electron chi connectivity index (χ2n) is 12.4. The number of hydrogen-bond acceptors (Lipinski definition) is 4. The molecule has 5 nitrogen and oxygen atoms in total. The fourth-order valence-electron chi connectivity index (χ4n) is 6.90. The largest absolute Gasteiger partial charge is 0.508 e. The van der Waals surface area contributed by atoms with Crippen LogP contribution in [0.25, 0.3) is 0 Å². The highest BCUT2D eigenvalue weighted by atomic mass is 35.5. The standard InChI is InChI=1S/C31H40Cl2N2O3/c1-21(2)18-35(29(37)15-23-8-9-27(32)28(33)14-23)25-10-11-31(38)20-34(19-22-6-7-22)13-12-30(31,17-25)24-4-3-5-26(36)16-24/h3-5,8-9,14,16,21-22,25,36,38H,6-7,10-13,15,17-20H2,1-2H3. The first-order valence-electron chi connectivity index (χ1n) is 14.1. The Bertz CT molecular complexity index is 1170. The number of hydrogen-bond donors (Lipinski definition) is 2. The lowest BCUT2D eigenvalue weighted by Crippen LogP contribution is -2.67. The maximum atomic E-state index is 13.8. The number of carbonyl (C=O) groups is 1. The number of piperidine rings is 1. The van der Waals surface area contributed by atoms with Crippen molar-refractivity contribution in [2.75, 3.05) is 26.2 Å². The van der Waals surface area contributed by atoms with E-state index in [1.54, 1.807) is 18.2 Å². The summed E-state index contributed by atoms with van der Waals surface area (Å²) in [5, 5.41) is 23.7. The number of rotatable bonds is 8. The van der Waals surface area contributed by atoms with Gasteiger partial charge in [-0.3, -0.25) is 4.79 Å². The lowest BCUT2D eigenvalue weighted by atomic mass is 9.55. The summed E-state index contributed by atoms with van der Waals surface area (Å²) in [6, 6.07) is 12.8. The Balaban J connectivity index is 1.44. The minimum atomic E-state index is -0.902. The predicted octanol–water partition coefficient (Wildman–Crippen LogP) is 6.06. The van der Waals surface area contributed by atoms with Crippen molar-refractivity contribution >= 4 is 29.1 Å². The quantitative estimate of drug-likeness (QED) is 0.413. The van der Waals surface area contributed by atoms with Crippen LogP contribution < -0.4 is 0 Å². The molecule has 2 N–H and O–H groups in total. The Morgan fingerprint density at radius 1 is 1.11 bits per heavy atom. The Kier molecular flexibility index (Phi) is 8.04. The third kappa shape index (κ3) is 5.72. The molecule has 2 aromatic carbocycles. The molecule has 3 fully saturated rings. The van der Waals surface area contributed by atoms with Crippen molar-refractivity contribution in [1.29, 1.82) is 0 Å². The summed E-state index contributed by atoms with van der Waals surface area (Å²) >= 11 is 12.3. The summed E-state index contributed by atoms with van der Waals surface area (Å²) in [6.45, 7) is 7.56. The van der Waals surface area contributed by atoms with E-state index >= 15 is 0 Å². The minimum Gasteiger partial charge on any atom is -0.508 e. The molecule has 3 atom stereocenters. The van der Waals surface area contributed by atoms with Crippen molar-refractivity contribution in [3.63, 3.8) is 0 Å². The van der Waals surface area contributed by atoms with Crippen molar-refractivity contribution in [3.8, 4) is 5.75 Å². The number of aromatic hydroxyl groups is 1. The first-order valence-corrected chi connectivity index (χ1v) is 14.8. The zero-order valence-electron chi connectivity index (χ0n) is 22.5. The van der Waals surface area contributed by atoms with Gasteiger partial charge in [0.2, 0.25) is 5.91 Å². The summed E-state index contributed by atoms with van der Waals surface area (Å²) in [5.41, 5.74) is 0.410. The second-order valence-corrected chi connectivity index (χ2v) is 13.2. The van der Waals surface area contributed by atoms with Gasteiger partial charge in [-0.1, -0.05) is 55.2 Å². The molecular formula is C31H40Cl2N2O3. The molecule has 206 valence electrons. The molecule has 0 radical (unpaired) electrons. The van der Waals surface area contributed by atoms with E-state index < -0.39 is 11.0 Å². The van der Waals surface area contributed by atoms with E-state index in [1.165, 1.54) is 12.8 Å². The van der Waals surface area contributed by atoms with Gasteiger partial charge in [0.05, 0.1) is 22.1 Å². The van der Waals surface area contributed by atoms with Gasteiger partial charge in [0.25, 0.3) is 0 Å². The number of halogens is 2. The molecule has 2 aliphatic carbocycles. The molecule has 2 saturated carbocycles. The number of phenols is 1. The second kappa shape index (κ2) is 11.0. The number of carbonyl (C=O) groups excluding carboxylic acids is 1. The van der Waals surface area contributed by atoms with E-state index in [2.05, 4.69) is 18.7 Å². The van der Waals surface area contributed by atoms with Crippen molar-refractivity contribution in [2.24, 2.45) is 11.8 Å². The first-order chi connectivity index (χ1) is 18.1.